The first kappa shape index (κ1) is 12.9. The molecule has 3 rings (SSSR count). The Hall–Kier alpha value is -2.14. The van der Waals surface area contributed by atoms with Crippen LogP contribution in [0, 0.1) is 0 Å². The van der Waals surface area contributed by atoms with Gasteiger partial charge in [-0.3, -0.25) is 0 Å². The fraction of sp³-hybridized carbons (Fsp3) is 0.0667. The maximum absolute atomic E-state index is 5.89. The number of nitrogens with zero attached hydrogens (tertiary/aromatic N) is 3. The van der Waals surface area contributed by atoms with Gasteiger partial charge < -0.3 is 10.3 Å². The minimum atomic E-state index is 0.742. The number of hydrogen-bond acceptors (Lipinski definition) is 3. The summed E-state index contributed by atoms with van der Waals surface area (Å²) in [5.74, 6) is 0.829. The van der Waals surface area contributed by atoms with Crippen LogP contribution in [0.15, 0.2) is 53.3 Å². The summed E-state index contributed by atoms with van der Waals surface area (Å²) in [5.41, 5.74) is 9.79. The zero-order valence-corrected chi connectivity index (χ0v) is 12.5. The molecular formula is C15H13BrN4. The summed E-state index contributed by atoms with van der Waals surface area (Å²) in [6.07, 6.45) is 1.69. The summed E-state index contributed by atoms with van der Waals surface area (Å²) in [6.45, 7) is 0. The third kappa shape index (κ3) is 2.32. The molecule has 0 saturated heterocycles. The van der Waals surface area contributed by atoms with Crippen molar-refractivity contribution in [3.8, 4) is 22.5 Å². The van der Waals surface area contributed by atoms with Crippen LogP contribution in [-0.4, -0.2) is 14.8 Å². The maximum Gasteiger partial charge on any atom is 0.164 e. The second kappa shape index (κ2) is 5.09. The summed E-state index contributed by atoms with van der Waals surface area (Å²) in [4.78, 5) is 0. The molecule has 3 aromatic rings. The molecule has 0 unspecified atom stereocenters. The number of hydrogen-bond donors (Lipinski definition) is 1. The van der Waals surface area contributed by atoms with Gasteiger partial charge in [0.2, 0.25) is 0 Å². The van der Waals surface area contributed by atoms with Gasteiger partial charge in [0.25, 0.3) is 0 Å². The van der Waals surface area contributed by atoms with E-state index in [0.717, 1.165) is 32.7 Å². The molecule has 1 aromatic heterocycles. The second-order valence-electron chi connectivity index (χ2n) is 4.58. The molecule has 2 N–H and O–H groups in total. The predicted octanol–water partition coefficient (Wildman–Crippen LogP) is 3.49. The van der Waals surface area contributed by atoms with Crippen LogP contribution in [0.1, 0.15) is 0 Å². The topological polar surface area (TPSA) is 56.7 Å². The van der Waals surface area contributed by atoms with Crippen LogP contribution in [0.5, 0.6) is 0 Å². The Morgan fingerprint density at radius 2 is 1.95 bits per heavy atom. The van der Waals surface area contributed by atoms with Gasteiger partial charge in [-0.15, -0.1) is 10.2 Å². The standard InChI is InChI=1S/C15H13BrN4/c1-20-9-18-19-15(20)13-6-5-11(16)8-14(13)10-3-2-4-12(17)7-10/h2-9H,17H2,1H3. The van der Waals surface area contributed by atoms with Crippen molar-refractivity contribution >= 4 is 21.6 Å². The Morgan fingerprint density at radius 3 is 2.65 bits per heavy atom. The number of halogens is 1. The molecule has 0 aliphatic carbocycles. The number of nitrogens with two attached hydrogens (primary N) is 1. The van der Waals surface area contributed by atoms with Crippen LogP contribution >= 0.6 is 15.9 Å². The van der Waals surface area contributed by atoms with Crippen LogP contribution in [0.2, 0.25) is 0 Å². The van der Waals surface area contributed by atoms with Crippen LogP contribution in [0.25, 0.3) is 22.5 Å². The first-order valence-corrected chi connectivity index (χ1v) is 6.94. The monoisotopic (exact) mass is 328 g/mol. The van der Waals surface area contributed by atoms with E-state index >= 15 is 0 Å². The molecule has 0 fully saturated rings. The van der Waals surface area contributed by atoms with Gasteiger partial charge in [-0.05, 0) is 41.5 Å². The molecule has 0 spiro atoms. The Balaban J connectivity index is 2.24. The van der Waals surface area contributed by atoms with Crippen LogP contribution in [0.4, 0.5) is 5.69 Å². The SMILES string of the molecule is Cn1cnnc1-c1ccc(Br)cc1-c1cccc(N)c1. The number of aryl methyl sites for hydroxylation is 1. The lowest BCUT2D eigenvalue weighted by Crippen LogP contribution is -1.94. The van der Waals surface area contributed by atoms with Gasteiger partial charge in [-0.2, -0.15) is 0 Å². The lowest BCUT2D eigenvalue weighted by molar-refractivity contribution is 0.920. The van der Waals surface area contributed by atoms with Crippen molar-refractivity contribution < 1.29 is 0 Å². The van der Waals surface area contributed by atoms with Gasteiger partial charge in [-0.1, -0.05) is 28.1 Å². The first-order valence-electron chi connectivity index (χ1n) is 6.15. The van der Waals surface area contributed by atoms with E-state index in [4.69, 9.17) is 5.73 Å². The van der Waals surface area contributed by atoms with Crippen molar-refractivity contribution in [3.63, 3.8) is 0 Å². The Labute approximate surface area is 125 Å². The minimum absolute atomic E-state index is 0.742. The van der Waals surface area contributed by atoms with Gasteiger partial charge in [0.1, 0.15) is 6.33 Å². The summed E-state index contributed by atoms with van der Waals surface area (Å²) >= 11 is 3.52. The third-order valence-electron chi connectivity index (χ3n) is 3.13. The van der Waals surface area contributed by atoms with Crippen LogP contribution in [-0.2, 0) is 7.05 Å². The summed E-state index contributed by atoms with van der Waals surface area (Å²) in [6, 6.07) is 13.9. The van der Waals surface area contributed by atoms with Crippen molar-refractivity contribution in [2.24, 2.45) is 7.05 Å². The molecule has 0 aliphatic rings. The quantitative estimate of drug-likeness (QED) is 0.732. The number of nitrogen functional groups attached to an aromatic ring is 1. The van der Waals surface area contributed by atoms with Gasteiger partial charge >= 0.3 is 0 Å². The molecule has 0 bridgehead atoms. The lowest BCUT2D eigenvalue weighted by atomic mass is 9.99. The molecule has 0 saturated carbocycles. The lowest BCUT2D eigenvalue weighted by Gasteiger charge is -2.10. The molecule has 100 valence electrons. The smallest absolute Gasteiger partial charge is 0.164 e. The largest absolute Gasteiger partial charge is 0.399 e. The number of anilines is 1. The van der Waals surface area contributed by atoms with Gasteiger partial charge in [0.15, 0.2) is 5.82 Å². The highest BCUT2D eigenvalue weighted by Gasteiger charge is 2.12. The van der Waals surface area contributed by atoms with Gasteiger partial charge in [0, 0.05) is 22.8 Å². The molecule has 0 amide bonds. The highest BCUT2D eigenvalue weighted by atomic mass is 79.9. The van der Waals surface area contributed by atoms with E-state index in [-0.39, 0.29) is 0 Å². The Kier molecular flexibility index (Phi) is 3.28. The molecule has 0 aliphatic heterocycles. The summed E-state index contributed by atoms with van der Waals surface area (Å²) in [7, 11) is 1.93. The zero-order chi connectivity index (χ0) is 14.1. The summed E-state index contributed by atoms with van der Waals surface area (Å²) in [5, 5.41) is 8.14. The molecule has 2 aromatic carbocycles. The second-order valence-corrected chi connectivity index (χ2v) is 5.50. The normalized spacial score (nSPS) is 10.7. The molecular weight excluding hydrogens is 316 g/mol. The predicted molar refractivity (Wildman–Crippen MR) is 84.0 cm³/mol. The van der Waals surface area contributed by atoms with Crippen molar-refractivity contribution in [2.75, 3.05) is 5.73 Å². The van der Waals surface area contributed by atoms with Crippen molar-refractivity contribution in [1.82, 2.24) is 14.8 Å². The van der Waals surface area contributed by atoms with E-state index in [9.17, 15) is 0 Å². The van der Waals surface area contributed by atoms with Crippen LogP contribution in [0.3, 0.4) is 0 Å². The van der Waals surface area contributed by atoms with Gasteiger partial charge in [0.05, 0.1) is 0 Å². The van der Waals surface area contributed by atoms with E-state index in [2.05, 4.69) is 32.2 Å². The van der Waals surface area contributed by atoms with Crippen molar-refractivity contribution in [3.05, 3.63) is 53.3 Å². The summed E-state index contributed by atoms with van der Waals surface area (Å²) < 4.78 is 2.92. The number of rotatable bonds is 2. The van der Waals surface area contributed by atoms with Gasteiger partial charge in [-0.25, -0.2) is 0 Å². The fourth-order valence-electron chi connectivity index (χ4n) is 2.18. The zero-order valence-electron chi connectivity index (χ0n) is 10.9. The number of aromatic nitrogens is 3. The Bertz CT molecular complexity index is 764. The molecule has 0 atom stereocenters. The Morgan fingerprint density at radius 1 is 1.10 bits per heavy atom. The van der Waals surface area contributed by atoms with E-state index in [1.807, 2.05) is 48.0 Å². The molecule has 0 radical (unpaired) electrons. The highest BCUT2D eigenvalue weighted by Crippen LogP contribution is 2.33. The maximum atomic E-state index is 5.89. The minimum Gasteiger partial charge on any atom is -0.399 e. The average molecular weight is 329 g/mol. The molecule has 5 heteroatoms. The van der Waals surface area contributed by atoms with Crippen molar-refractivity contribution in [2.45, 2.75) is 0 Å². The van der Waals surface area contributed by atoms with Crippen LogP contribution < -0.4 is 5.73 Å². The fourth-order valence-corrected chi connectivity index (χ4v) is 2.54. The molecule has 4 nitrogen and oxygen atoms in total. The average Bonchev–Trinajstić information content (AvgIpc) is 2.85. The number of benzene rings is 2. The van der Waals surface area contributed by atoms with E-state index in [1.165, 1.54) is 0 Å². The third-order valence-corrected chi connectivity index (χ3v) is 3.62. The molecule has 1 heterocycles. The van der Waals surface area contributed by atoms with Crippen molar-refractivity contribution in [1.29, 1.82) is 0 Å². The van der Waals surface area contributed by atoms with E-state index < -0.39 is 0 Å². The first-order chi connectivity index (χ1) is 9.65. The van der Waals surface area contributed by atoms with E-state index in [1.54, 1.807) is 6.33 Å². The highest BCUT2D eigenvalue weighted by molar-refractivity contribution is 9.10. The van der Waals surface area contributed by atoms with E-state index in [0.29, 0.717) is 0 Å². The molecule has 20 heavy (non-hydrogen) atoms.